The van der Waals surface area contributed by atoms with Crippen molar-refractivity contribution in [2.75, 3.05) is 5.32 Å². The number of aromatic nitrogens is 1. The minimum absolute atomic E-state index is 0.446. The van der Waals surface area contributed by atoms with Crippen LogP contribution in [0.5, 0.6) is 0 Å². The van der Waals surface area contributed by atoms with Gasteiger partial charge in [-0.1, -0.05) is 6.07 Å². The Morgan fingerprint density at radius 1 is 1.06 bits per heavy atom. The number of nitrogens with zero attached hydrogens (tertiary/aromatic N) is 1. The van der Waals surface area contributed by atoms with Crippen molar-refractivity contribution in [1.29, 1.82) is 0 Å². The van der Waals surface area contributed by atoms with Gasteiger partial charge in [0, 0.05) is 24.6 Å². The molecule has 0 fully saturated rings. The largest absolute Gasteiger partial charge is 0.416 e. The normalized spacial score (nSPS) is 11.3. The Bertz CT molecular complexity index is 509. The van der Waals surface area contributed by atoms with Gasteiger partial charge in [-0.05, 0) is 35.9 Å². The fraction of sp³-hybridized carbons (Fsp3) is 0.154. The molecule has 1 aromatic carbocycles. The van der Waals surface area contributed by atoms with Crippen LogP contribution < -0.4 is 5.32 Å². The molecule has 1 heterocycles. The van der Waals surface area contributed by atoms with E-state index in [2.05, 4.69) is 10.3 Å². The van der Waals surface area contributed by atoms with E-state index in [1.54, 1.807) is 30.6 Å². The summed E-state index contributed by atoms with van der Waals surface area (Å²) in [5.74, 6) is 0. The summed E-state index contributed by atoms with van der Waals surface area (Å²) in [6.45, 7) is 0.462. The van der Waals surface area contributed by atoms with Gasteiger partial charge in [0.2, 0.25) is 0 Å². The molecule has 0 aliphatic heterocycles. The number of hydrogen-bond acceptors (Lipinski definition) is 2. The van der Waals surface area contributed by atoms with Crippen LogP contribution in [0.4, 0.5) is 18.9 Å². The maximum atomic E-state index is 12.5. The lowest BCUT2D eigenvalue weighted by Gasteiger charge is -2.10. The average Bonchev–Trinajstić information content (AvgIpc) is 2.37. The summed E-state index contributed by atoms with van der Waals surface area (Å²) >= 11 is 0. The Balaban J connectivity index is 2.06. The first-order chi connectivity index (χ1) is 8.55. The van der Waals surface area contributed by atoms with Crippen molar-refractivity contribution in [3.8, 4) is 0 Å². The van der Waals surface area contributed by atoms with Gasteiger partial charge in [0.15, 0.2) is 0 Å². The monoisotopic (exact) mass is 252 g/mol. The molecule has 0 aliphatic rings. The zero-order valence-corrected chi connectivity index (χ0v) is 9.41. The van der Waals surface area contributed by atoms with Crippen molar-refractivity contribution >= 4 is 5.69 Å². The smallest absolute Gasteiger partial charge is 0.381 e. The summed E-state index contributed by atoms with van der Waals surface area (Å²) in [5.41, 5.74) is 0.756. The zero-order valence-electron chi connectivity index (χ0n) is 9.41. The number of benzene rings is 1. The van der Waals surface area contributed by atoms with E-state index in [-0.39, 0.29) is 0 Å². The number of alkyl halides is 3. The van der Waals surface area contributed by atoms with Crippen molar-refractivity contribution in [2.24, 2.45) is 0 Å². The second-order valence-corrected chi connectivity index (χ2v) is 3.79. The molecule has 0 radical (unpaired) electrons. The number of hydrogen-bond donors (Lipinski definition) is 1. The Labute approximate surface area is 102 Å². The van der Waals surface area contributed by atoms with Gasteiger partial charge in [0.1, 0.15) is 0 Å². The van der Waals surface area contributed by atoms with E-state index in [9.17, 15) is 13.2 Å². The van der Waals surface area contributed by atoms with Crippen LogP contribution in [0.1, 0.15) is 11.1 Å². The number of halogens is 3. The van der Waals surface area contributed by atoms with Crippen molar-refractivity contribution in [1.82, 2.24) is 4.98 Å². The van der Waals surface area contributed by atoms with Gasteiger partial charge in [-0.15, -0.1) is 0 Å². The topological polar surface area (TPSA) is 24.9 Å². The first-order valence-corrected chi connectivity index (χ1v) is 5.36. The molecule has 0 spiro atoms. The van der Waals surface area contributed by atoms with Crippen LogP contribution in [0.2, 0.25) is 0 Å². The maximum Gasteiger partial charge on any atom is 0.416 e. The summed E-state index contributed by atoms with van der Waals surface area (Å²) in [6.07, 6.45) is -1.03. The van der Waals surface area contributed by atoms with Crippen LogP contribution in [0.15, 0.2) is 48.8 Å². The molecule has 0 bridgehead atoms. The first kappa shape index (κ1) is 12.4. The van der Waals surface area contributed by atoms with Gasteiger partial charge in [0.25, 0.3) is 0 Å². The number of nitrogens with one attached hydrogen (secondary N) is 1. The van der Waals surface area contributed by atoms with Crippen molar-refractivity contribution in [2.45, 2.75) is 12.7 Å². The average molecular weight is 252 g/mol. The minimum Gasteiger partial charge on any atom is -0.381 e. The third-order valence-corrected chi connectivity index (χ3v) is 2.44. The number of pyridine rings is 1. The van der Waals surface area contributed by atoms with Crippen LogP contribution in [0.3, 0.4) is 0 Å². The molecule has 2 nitrogen and oxygen atoms in total. The predicted octanol–water partition coefficient (Wildman–Crippen LogP) is 3.71. The Kier molecular flexibility index (Phi) is 3.50. The molecule has 0 saturated heterocycles. The number of rotatable bonds is 3. The third-order valence-electron chi connectivity index (χ3n) is 2.44. The fourth-order valence-electron chi connectivity index (χ4n) is 1.51. The quantitative estimate of drug-likeness (QED) is 0.900. The fourth-order valence-corrected chi connectivity index (χ4v) is 1.51. The van der Waals surface area contributed by atoms with Crippen molar-refractivity contribution in [3.63, 3.8) is 0 Å². The maximum absolute atomic E-state index is 12.5. The molecule has 94 valence electrons. The van der Waals surface area contributed by atoms with E-state index in [0.29, 0.717) is 12.2 Å². The first-order valence-electron chi connectivity index (χ1n) is 5.36. The van der Waals surface area contributed by atoms with E-state index >= 15 is 0 Å². The minimum atomic E-state index is -4.31. The lowest BCUT2D eigenvalue weighted by Crippen LogP contribution is -2.06. The second kappa shape index (κ2) is 5.08. The van der Waals surface area contributed by atoms with Crippen LogP contribution in [0, 0.1) is 0 Å². The second-order valence-electron chi connectivity index (χ2n) is 3.79. The highest BCUT2D eigenvalue weighted by Gasteiger charge is 2.30. The molecule has 18 heavy (non-hydrogen) atoms. The number of anilines is 1. The standard InChI is InChI=1S/C13H11F3N2/c14-13(15,16)11-2-1-3-12(8-11)18-9-10-4-6-17-7-5-10/h1-8,18H,9H2. The molecular formula is C13H11F3N2. The highest BCUT2D eigenvalue weighted by molar-refractivity contribution is 5.46. The van der Waals surface area contributed by atoms with E-state index in [4.69, 9.17) is 0 Å². The zero-order chi connectivity index (χ0) is 13.0. The summed E-state index contributed by atoms with van der Waals surface area (Å²) < 4.78 is 37.5. The van der Waals surface area contributed by atoms with Gasteiger partial charge < -0.3 is 5.32 Å². The van der Waals surface area contributed by atoms with Crippen molar-refractivity contribution in [3.05, 3.63) is 59.9 Å². The van der Waals surface area contributed by atoms with Crippen molar-refractivity contribution < 1.29 is 13.2 Å². The molecule has 0 aliphatic carbocycles. The molecule has 0 saturated carbocycles. The van der Waals surface area contributed by atoms with E-state index < -0.39 is 11.7 Å². The van der Waals surface area contributed by atoms with Crippen LogP contribution in [0.25, 0.3) is 0 Å². The Morgan fingerprint density at radius 3 is 2.44 bits per heavy atom. The molecular weight excluding hydrogens is 241 g/mol. The van der Waals surface area contributed by atoms with E-state index in [1.165, 1.54) is 6.07 Å². The van der Waals surface area contributed by atoms with Gasteiger partial charge in [-0.25, -0.2) is 0 Å². The lowest BCUT2D eigenvalue weighted by atomic mass is 10.2. The van der Waals surface area contributed by atoms with Gasteiger partial charge in [-0.2, -0.15) is 13.2 Å². The molecule has 0 unspecified atom stereocenters. The van der Waals surface area contributed by atoms with Crippen LogP contribution in [-0.2, 0) is 12.7 Å². The van der Waals surface area contributed by atoms with E-state index in [1.807, 2.05) is 0 Å². The highest BCUT2D eigenvalue weighted by Crippen LogP contribution is 2.30. The van der Waals surface area contributed by atoms with Gasteiger partial charge >= 0.3 is 6.18 Å². The molecule has 5 heteroatoms. The van der Waals surface area contributed by atoms with Gasteiger partial charge in [-0.3, -0.25) is 4.98 Å². The third kappa shape index (κ3) is 3.23. The molecule has 1 N–H and O–H groups in total. The molecule has 0 atom stereocenters. The summed E-state index contributed by atoms with van der Waals surface area (Å²) in [6, 6.07) is 8.76. The van der Waals surface area contributed by atoms with Crippen LogP contribution in [-0.4, -0.2) is 4.98 Å². The summed E-state index contributed by atoms with van der Waals surface area (Å²) in [5, 5.41) is 2.95. The summed E-state index contributed by atoms with van der Waals surface area (Å²) in [7, 11) is 0. The molecule has 0 amide bonds. The Hall–Kier alpha value is -2.04. The SMILES string of the molecule is FC(F)(F)c1cccc(NCc2ccncc2)c1. The van der Waals surface area contributed by atoms with Gasteiger partial charge in [0.05, 0.1) is 5.56 Å². The Morgan fingerprint density at radius 2 is 1.78 bits per heavy atom. The molecule has 2 aromatic rings. The molecule has 2 rings (SSSR count). The van der Waals surface area contributed by atoms with E-state index in [0.717, 1.165) is 17.7 Å². The summed E-state index contributed by atoms with van der Waals surface area (Å²) in [4.78, 5) is 3.87. The van der Waals surface area contributed by atoms with Crippen LogP contribution >= 0.6 is 0 Å². The lowest BCUT2D eigenvalue weighted by molar-refractivity contribution is -0.137. The molecule has 1 aromatic heterocycles. The predicted molar refractivity (Wildman–Crippen MR) is 63.0 cm³/mol. The highest BCUT2D eigenvalue weighted by atomic mass is 19.4.